The Morgan fingerprint density at radius 2 is 2.20 bits per heavy atom. The van der Waals surface area contributed by atoms with E-state index in [1.807, 2.05) is 27.7 Å². The highest BCUT2D eigenvalue weighted by molar-refractivity contribution is 9.10. The Bertz CT molecular complexity index is 354. The predicted molar refractivity (Wildman–Crippen MR) is 62.5 cm³/mol. The Labute approximate surface area is 98.2 Å². The number of carbonyl (C=O) groups is 1. The standard InChI is InChI=1S/C10H16BrN3O/c1-7(9(15)13-10(2,3)4)14-6-8(11)5-12-14/h5-7H,1-4H3,(H,13,15). The number of amides is 1. The largest absolute Gasteiger partial charge is 0.350 e. The second kappa shape index (κ2) is 4.35. The first-order valence-electron chi connectivity index (χ1n) is 4.81. The maximum absolute atomic E-state index is 11.8. The van der Waals surface area contributed by atoms with Crippen molar-refractivity contribution < 1.29 is 4.79 Å². The predicted octanol–water partition coefficient (Wildman–Crippen LogP) is 2.12. The quantitative estimate of drug-likeness (QED) is 0.898. The summed E-state index contributed by atoms with van der Waals surface area (Å²) in [5, 5.41) is 6.99. The molecule has 0 spiro atoms. The highest BCUT2D eigenvalue weighted by Gasteiger charge is 2.20. The zero-order valence-corrected chi connectivity index (χ0v) is 11.0. The minimum Gasteiger partial charge on any atom is -0.350 e. The second-order valence-corrected chi connectivity index (χ2v) is 5.47. The third-order valence-corrected chi connectivity index (χ3v) is 2.25. The summed E-state index contributed by atoms with van der Waals surface area (Å²) in [5.41, 5.74) is -0.213. The molecule has 5 heteroatoms. The molecule has 4 nitrogen and oxygen atoms in total. The molecule has 1 atom stereocenters. The van der Waals surface area contributed by atoms with Crippen LogP contribution in [0, 0.1) is 0 Å². The van der Waals surface area contributed by atoms with Crippen LogP contribution >= 0.6 is 15.9 Å². The van der Waals surface area contributed by atoms with Crippen LogP contribution in [-0.2, 0) is 4.79 Å². The van der Waals surface area contributed by atoms with Gasteiger partial charge in [0.25, 0.3) is 0 Å². The number of nitrogens with one attached hydrogen (secondary N) is 1. The van der Waals surface area contributed by atoms with Gasteiger partial charge in [0.15, 0.2) is 0 Å². The molecule has 1 rings (SSSR count). The first-order valence-corrected chi connectivity index (χ1v) is 5.60. The molecule has 0 saturated heterocycles. The van der Waals surface area contributed by atoms with Crippen LogP contribution in [0.2, 0.25) is 0 Å². The number of rotatable bonds is 2. The third kappa shape index (κ3) is 3.66. The fourth-order valence-corrected chi connectivity index (χ4v) is 1.42. The SMILES string of the molecule is CC(C(=O)NC(C)(C)C)n1cc(Br)cn1. The van der Waals surface area contributed by atoms with Crippen LogP contribution in [0.4, 0.5) is 0 Å². The molecule has 1 N–H and O–H groups in total. The Morgan fingerprint density at radius 3 is 2.60 bits per heavy atom. The summed E-state index contributed by atoms with van der Waals surface area (Å²) >= 11 is 3.30. The molecule has 0 saturated carbocycles. The highest BCUT2D eigenvalue weighted by atomic mass is 79.9. The average molecular weight is 274 g/mol. The van der Waals surface area contributed by atoms with Gasteiger partial charge in [0.2, 0.25) is 5.91 Å². The zero-order chi connectivity index (χ0) is 11.6. The van der Waals surface area contributed by atoms with Crippen molar-refractivity contribution in [3.8, 4) is 0 Å². The van der Waals surface area contributed by atoms with Gasteiger partial charge in [-0.15, -0.1) is 0 Å². The molecule has 0 aromatic carbocycles. The van der Waals surface area contributed by atoms with E-state index < -0.39 is 0 Å². The van der Waals surface area contributed by atoms with Crippen molar-refractivity contribution in [2.45, 2.75) is 39.3 Å². The third-order valence-electron chi connectivity index (χ3n) is 1.84. The van der Waals surface area contributed by atoms with Gasteiger partial charge in [0.05, 0.1) is 10.7 Å². The minimum absolute atomic E-state index is 0.0295. The number of aromatic nitrogens is 2. The molecule has 1 aromatic heterocycles. The van der Waals surface area contributed by atoms with Gasteiger partial charge >= 0.3 is 0 Å². The van der Waals surface area contributed by atoms with Gasteiger partial charge in [-0.25, -0.2) is 0 Å². The molecular formula is C10H16BrN3O. The van der Waals surface area contributed by atoms with Crippen molar-refractivity contribution >= 4 is 21.8 Å². The van der Waals surface area contributed by atoms with E-state index in [0.29, 0.717) is 0 Å². The normalized spacial score (nSPS) is 13.7. The van der Waals surface area contributed by atoms with Gasteiger partial charge in [-0.05, 0) is 43.6 Å². The van der Waals surface area contributed by atoms with Crippen LogP contribution in [0.3, 0.4) is 0 Å². The number of hydrogen-bond donors (Lipinski definition) is 1. The average Bonchev–Trinajstić information content (AvgIpc) is 2.47. The fourth-order valence-electron chi connectivity index (χ4n) is 1.12. The molecule has 0 radical (unpaired) electrons. The lowest BCUT2D eigenvalue weighted by atomic mass is 10.1. The van der Waals surface area contributed by atoms with Crippen LogP contribution < -0.4 is 5.32 Å². The van der Waals surface area contributed by atoms with E-state index in [4.69, 9.17) is 0 Å². The van der Waals surface area contributed by atoms with Crippen molar-refractivity contribution in [1.29, 1.82) is 0 Å². The van der Waals surface area contributed by atoms with Crippen LogP contribution in [0.1, 0.15) is 33.7 Å². The summed E-state index contributed by atoms with van der Waals surface area (Å²) in [6, 6.07) is -0.296. The first kappa shape index (κ1) is 12.2. The van der Waals surface area contributed by atoms with E-state index >= 15 is 0 Å². The number of halogens is 1. The van der Waals surface area contributed by atoms with Crippen LogP contribution in [0.15, 0.2) is 16.9 Å². The molecule has 84 valence electrons. The van der Waals surface area contributed by atoms with Gasteiger partial charge in [0, 0.05) is 11.7 Å². The fraction of sp³-hybridized carbons (Fsp3) is 0.600. The van der Waals surface area contributed by atoms with Crippen molar-refractivity contribution in [3.05, 3.63) is 16.9 Å². The molecule has 1 unspecified atom stereocenters. The monoisotopic (exact) mass is 273 g/mol. The molecular weight excluding hydrogens is 258 g/mol. The van der Waals surface area contributed by atoms with E-state index in [1.54, 1.807) is 17.1 Å². The molecule has 1 amide bonds. The van der Waals surface area contributed by atoms with Crippen molar-refractivity contribution in [2.75, 3.05) is 0 Å². The van der Waals surface area contributed by atoms with Gasteiger partial charge in [-0.3, -0.25) is 9.48 Å². The maximum atomic E-state index is 11.8. The number of nitrogens with zero attached hydrogens (tertiary/aromatic N) is 2. The van der Waals surface area contributed by atoms with E-state index in [0.717, 1.165) is 4.47 Å². The second-order valence-electron chi connectivity index (χ2n) is 4.55. The first-order chi connectivity index (χ1) is 6.79. The molecule has 0 aliphatic heterocycles. The molecule has 0 aliphatic rings. The Kier molecular flexibility index (Phi) is 3.54. The lowest BCUT2D eigenvalue weighted by molar-refractivity contribution is -0.125. The Balaban J connectivity index is 2.69. The summed E-state index contributed by atoms with van der Waals surface area (Å²) in [5.74, 6) is -0.0295. The van der Waals surface area contributed by atoms with Crippen LogP contribution in [0.25, 0.3) is 0 Å². The van der Waals surface area contributed by atoms with E-state index in [1.165, 1.54) is 0 Å². The summed E-state index contributed by atoms with van der Waals surface area (Å²) in [4.78, 5) is 11.8. The smallest absolute Gasteiger partial charge is 0.244 e. The zero-order valence-electron chi connectivity index (χ0n) is 9.41. The van der Waals surface area contributed by atoms with Gasteiger partial charge in [-0.1, -0.05) is 0 Å². The topological polar surface area (TPSA) is 46.9 Å². The molecule has 0 aliphatic carbocycles. The van der Waals surface area contributed by atoms with E-state index in [9.17, 15) is 4.79 Å². The molecule has 1 heterocycles. The lowest BCUT2D eigenvalue weighted by Gasteiger charge is -2.23. The number of hydrogen-bond acceptors (Lipinski definition) is 2. The molecule has 15 heavy (non-hydrogen) atoms. The van der Waals surface area contributed by atoms with Crippen molar-refractivity contribution in [2.24, 2.45) is 0 Å². The highest BCUT2D eigenvalue weighted by Crippen LogP contribution is 2.12. The molecule has 0 bridgehead atoms. The van der Waals surface area contributed by atoms with Crippen molar-refractivity contribution in [3.63, 3.8) is 0 Å². The van der Waals surface area contributed by atoms with Gasteiger partial charge in [0.1, 0.15) is 6.04 Å². The summed E-state index contributed by atoms with van der Waals surface area (Å²) in [6.07, 6.45) is 3.45. The van der Waals surface area contributed by atoms with Gasteiger partial charge < -0.3 is 5.32 Å². The van der Waals surface area contributed by atoms with Crippen LogP contribution in [0.5, 0.6) is 0 Å². The Morgan fingerprint density at radius 1 is 1.60 bits per heavy atom. The molecule has 0 fully saturated rings. The summed E-state index contributed by atoms with van der Waals surface area (Å²) in [7, 11) is 0. The minimum atomic E-state index is -0.296. The van der Waals surface area contributed by atoms with Gasteiger partial charge in [-0.2, -0.15) is 5.10 Å². The van der Waals surface area contributed by atoms with Crippen LogP contribution in [-0.4, -0.2) is 21.2 Å². The lowest BCUT2D eigenvalue weighted by Crippen LogP contribution is -2.43. The number of carbonyl (C=O) groups excluding carboxylic acids is 1. The van der Waals surface area contributed by atoms with E-state index in [-0.39, 0.29) is 17.5 Å². The summed E-state index contributed by atoms with van der Waals surface area (Å²) < 4.78 is 2.50. The maximum Gasteiger partial charge on any atom is 0.244 e. The molecule has 1 aromatic rings. The van der Waals surface area contributed by atoms with Crippen molar-refractivity contribution in [1.82, 2.24) is 15.1 Å². The van der Waals surface area contributed by atoms with E-state index in [2.05, 4.69) is 26.3 Å². The summed E-state index contributed by atoms with van der Waals surface area (Å²) in [6.45, 7) is 7.68. The Hall–Kier alpha value is -0.840.